The van der Waals surface area contributed by atoms with Crippen molar-refractivity contribution in [1.82, 2.24) is 16.0 Å². The summed E-state index contributed by atoms with van der Waals surface area (Å²) in [5.41, 5.74) is 2.94. The van der Waals surface area contributed by atoms with Gasteiger partial charge in [0.1, 0.15) is 11.9 Å². The summed E-state index contributed by atoms with van der Waals surface area (Å²) in [5.74, 6) is 1.26. The molecule has 6 heteroatoms. The third-order valence-corrected chi connectivity index (χ3v) is 6.51. The molecule has 0 bridgehead atoms. The number of benzene rings is 2. The minimum absolute atomic E-state index is 0.0214. The van der Waals surface area contributed by atoms with Gasteiger partial charge in [-0.05, 0) is 36.5 Å². The number of carbonyl (C=O) groups excluding carboxylic acids is 2. The van der Waals surface area contributed by atoms with E-state index in [1.54, 1.807) is 13.1 Å². The number of carbonyl (C=O) groups is 2. The first kappa shape index (κ1) is 18.2. The van der Waals surface area contributed by atoms with E-state index >= 15 is 0 Å². The van der Waals surface area contributed by atoms with E-state index in [-0.39, 0.29) is 29.9 Å². The van der Waals surface area contributed by atoms with Crippen LogP contribution in [0.25, 0.3) is 0 Å². The summed E-state index contributed by atoms with van der Waals surface area (Å²) in [4.78, 5) is 25.6. The maximum atomic E-state index is 13.0. The molecule has 3 N–H and O–H groups in total. The van der Waals surface area contributed by atoms with Crippen LogP contribution >= 0.6 is 0 Å². The summed E-state index contributed by atoms with van der Waals surface area (Å²) >= 11 is 0. The van der Waals surface area contributed by atoms with Crippen LogP contribution in [0.5, 0.6) is 5.75 Å². The van der Waals surface area contributed by atoms with Crippen molar-refractivity contribution >= 4 is 11.8 Å². The smallest absolute Gasteiger partial charge is 0.254 e. The summed E-state index contributed by atoms with van der Waals surface area (Å²) in [6, 6.07) is 13.9. The van der Waals surface area contributed by atoms with Crippen LogP contribution in [-0.4, -0.2) is 44.1 Å². The predicted molar refractivity (Wildman–Crippen MR) is 109 cm³/mol. The average molecular weight is 391 g/mol. The number of hydrogen-bond acceptors (Lipinski definition) is 4. The number of rotatable bonds is 4. The van der Waals surface area contributed by atoms with Gasteiger partial charge in [0.25, 0.3) is 11.8 Å². The van der Waals surface area contributed by atoms with E-state index in [1.807, 2.05) is 31.2 Å². The molecule has 1 unspecified atom stereocenters. The van der Waals surface area contributed by atoms with Gasteiger partial charge in [0, 0.05) is 43.2 Å². The molecule has 2 amide bonds. The van der Waals surface area contributed by atoms with Crippen LogP contribution in [0.1, 0.15) is 44.7 Å². The summed E-state index contributed by atoms with van der Waals surface area (Å²) in [6.07, 6.45) is -0.122. The Morgan fingerprint density at radius 1 is 1.07 bits per heavy atom. The van der Waals surface area contributed by atoms with Crippen molar-refractivity contribution < 1.29 is 14.3 Å². The van der Waals surface area contributed by atoms with Crippen LogP contribution < -0.4 is 20.7 Å². The Morgan fingerprint density at radius 2 is 1.79 bits per heavy atom. The molecule has 5 rings (SSSR count). The van der Waals surface area contributed by atoms with Crippen molar-refractivity contribution in [3.8, 4) is 5.75 Å². The molecular weight excluding hydrogens is 366 g/mol. The van der Waals surface area contributed by atoms with Gasteiger partial charge in [-0.3, -0.25) is 9.59 Å². The van der Waals surface area contributed by atoms with Crippen LogP contribution in [0.4, 0.5) is 0 Å². The monoisotopic (exact) mass is 391 g/mol. The molecule has 1 saturated carbocycles. The highest BCUT2D eigenvalue weighted by atomic mass is 16.5. The van der Waals surface area contributed by atoms with Crippen LogP contribution in [0.3, 0.4) is 0 Å². The second-order valence-electron chi connectivity index (χ2n) is 8.22. The lowest BCUT2D eigenvalue weighted by atomic mass is 9.87. The van der Waals surface area contributed by atoms with E-state index in [4.69, 9.17) is 4.74 Å². The topological polar surface area (TPSA) is 79.5 Å². The standard InChI is InChI=1S/C23H25N3O3/c1-12-19(13-6-4-3-5-7-13)15-8-14(9-16(21(15)29-12)23(28)24-2)22(27)26-20-17-10-25-11-18(17)20/h3-9,12,17-20,25H,10-11H2,1-2H3,(H,24,28)(H,26,27)/t12-,17-,18+,19+,20?/m1/s1. The van der Waals surface area contributed by atoms with Crippen LogP contribution in [0.15, 0.2) is 42.5 Å². The Balaban J connectivity index is 1.53. The van der Waals surface area contributed by atoms with Gasteiger partial charge in [0.15, 0.2) is 0 Å². The fourth-order valence-electron chi connectivity index (χ4n) is 4.93. The first-order chi connectivity index (χ1) is 14.1. The molecule has 5 atom stereocenters. The zero-order valence-electron chi connectivity index (χ0n) is 16.6. The molecule has 0 spiro atoms. The molecule has 1 aliphatic carbocycles. The molecule has 3 aliphatic rings. The van der Waals surface area contributed by atoms with E-state index in [1.165, 1.54) is 0 Å². The van der Waals surface area contributed by atoms with E-state index in [2.05, 4.69) is 28.1 Å². The van der Waals surface area contributed by atoms with Gasteiger partial charge in [0.05, 0.1) is 5.56 Å². The van der Waals surface area contributed by atoms with Crippen molar-refractivity contribution in [3.05, 3.63) is 64.7 Å². The minimum atomic E-state index is -0.246. The highest BCUT2D eigenvalue weighted by molar-refractivity contribution is 6.02. The molecular formula is C23H25N3O3. The summed E-state index contributed by atoms with van der Waals surface area (Å²) in [5, 5.41) is 9.17. The van der Waals surface area contributed by atoms with Gasteiger partial charge < -0.3 is 20.7 Å². The third kappa shape index (κ3) is 2.99. The quantitative estimate of drug-likeness (QED) is 0.744. The van der Waals surface area contributed by atoms with Gasteiger partial charge >= 0.3 is 0 Å². The Morgan fingerprint density at radius 3 is 2.48 bits per heavy atom. The molecule has 2 fully saturated rings. The van der Waals surface area contributed by atoms with Crippen molar-refractivity contribution in [2.24, 2.45) is 11.8 Å². The number of piperidine rings is 1. The average Bonchev–Trinajstić information content (AvgIpc) is 3.08. The Kier molecular flexibility index (Phi) is 4.32. The van der Waals surface area contributed by atoms with Gasteiger partial charge in [0.2, 0.25) is 0 Å². The van der Waals surface area contributed by atoms with E-state index < -0.39 is 0 Å². The zero-order chi connectivity index (χ0) is 20.1. The van der Waals surface area contributed by atoms with Crippen molar-refractivity contribution in [1.29, 1.82) is 0 Å². The second kappa shape index (κ2) is 6.88. The zero-order valence-corrected chi connectivity index (χ0v) is 16.6. The Bertz CT molecular complexity index is 965. The maximum absolute atomic E-state index is 13.0. The predicted octanol–water partition coefficient (Wildman–Crippen LogP) is 1.91. The largest absolute Gasteiger partial charge is 0.489 e. The van der Waals surface area contributed by atoms with Crippen LogP contribution in [0, 0.1) is 11.8 Å². The molecule has 0 aromatic heterocycles. The molecule has 6 nitrogen and oxygen atoms in total. The molecule has 2 aliphatic heterocycles. The second-order valence-corrected chi connectivity index (χ2v) is 8.22. The lowest BCUT2D eigenvalue weighted by Gasteiger charge is -2.15. The highest BCUT2D eigenvalue weighted by Gasteiger charge is 2.53. The SMILES string of the molecule is CNC(=O)c1cc(C(=O)NC2[C@H]3CNC[C@@H]23)cc2c1O[C@H](C)[C@H]2c1ccccc1. The molecule has 2 heterocycles. The maximum Gasteiger partial charge on any atom is 0.254 e. The number of hydrogen-bond donors (Lipinski definition) is 3. The van der Waals surface area contributed by atoms with Crippen LogP contribution in [-0.2, 0) is 0 Å². The van der Waals surface area contributed by atoms with Gasteiger partial charge in [-0.1, -0.05) is 30.3 Å². The molecule has 0 radical (unpaired) electrons. The third-order valence-electron chi connectivity index (χ3n) is 6.51. The number of fused-ring (bicyclic) bond motifs is 2. The lowest BCUT2D eigenvalue weighted by Crippen LogP contribution is -2.32. The Labute approximate surface area is 170 Å². The molecule has 2 aromatic rings. The fourth-order valence-corrected chi connectivity index (χ4v) is 4.93. The number of amides is 2. The molecule has 150 valence electrons. The van der Waals surface area contributed by atoms with Gasteiger partial charge in [-0.15, -0.1) is 0 Å². The van der Waals surface area contributed by atoms with Gasteiger partial charge in [-0.25, -0.2) is 0 Å². The minimum Gasteiger partial charge on any atom is -0.489 e. The summed E-state index contributed by atoms with van der Waals surface area (Å²) in [7, 11) is 1.59. The van der Waals surface area contributed by atoms with Gasteiger partial charge in [-0.2, -0.15) is 0 Å². The van der Waals surface area contributed by atoms with E-state index in [9.17, 15) is 9.59 Å². The molecule has 1 saturated heterocycles. The summed E-state index contributed by atoms with van der Waals surface area (Å²) < 4.78 is 6.12. The fraction of sp³-hybridized carbons (Fsp3) is 0.391. The molecule has 29 heavy (non-hydrogen) atoms. The number of ether oxygens (including phenoxy) is 1. The first-order valence-electron chi connectivity index (χ1n) is 10.2. The summed E-state index contributed by atoms with van der Waals surface area (Å²) in [6.45, 7) is 3.93. The van der Waals surface area contributed by atoms with Crippen LogP contribution in [0.2, 0.25) is 0 Å². The van der Waals surface area contributed by atoms with E-state index in [0.717, 1.165) is 24.2 Å². The van der Waals surface area contributed by atoms with Crippen molar-refractivity contribution in [2.45, 2.75) is 25.0 Å². The van der Waals surface area contributed by atoms with E-state index in [0.29, 0.717) is 28.7 Å². The first-order valence-corrected chi connectivity index (χ1v) is 10.2. The normalized spacial score (nSPS) is 28.8. The van der Waals surface area contributed by atoms with Crippen molar-refractivity contribution in [2.75, 3.05) is 20.1 Å². The molecule has 2 aromatic carbocycles. The lowest BCUT2D eigenvalue weighted by molar-refractivity contribution is 0.0946. The highest BCUT2D eigenvalue weighted by Crippen LogP contribution is 2.45. The Hall–Kier alpha value is -2.86. The number of nitrogens with one attached hydrogen (secondary N) is 3. The van der Waals surface area contributed by atoms with Crippen molar-refractivity contribution in [3.63, 3.8) is 0 Å².